The molecule has 3 aromatic rings. The minimum atomic E-state index is -0.474. The van der Waals surface area contributed by atoms with Crippen LogP contribution in [0.4, 0.5) is 10.5 Å². The zero-order chi connectivity index (χ0) is 20.6. The molecule has 8 nitrogen and oxygen atoms in total. The molecule has 2 aromatic carbocycles. The van der Waals surface area contributed by atoms with E-state index in [9.17, 15) is 9.59 Å². The Morgan fingerprint density at radius 2 is 1.90 bits per heavy atom. The van der Waals surface area contributed by atoms with Crippen LogP contribution in [0.5, 0.6) is 5.75 Å². The lowest BCUT2D eigenvalue weighted by Gasteiger charge is -2.10. The molecule has 0 atom stereocenters. The highest BCUT2D eigenvalue weighted by molar-refractivity contribution is 5.89. The Labute approximate surface area is 168 Å². The summed E-state index contributed by atoms with van der Waals surface area (Å²) in [5.74, 6) is 0.290. The molecule has 0 aliphatic heterocycles. The minimum absolute atomic E-state index is 0.224. The van der Waals surface area contributed by atoms with E-state index in [1.54, 1.807) is 49.2 Å². The standard InChI is InChI=1S/C21H22N4O4/c1-3-29-20(26)19-11-12-25(24-19)17-6-4-5-16(13-17)23-21(27)22-14-15-7-9-18(28-2)10-8-15/h4-13H,3,14H2,1-2H3,(H2,22,23,27). The Morgan fingerprint density at radius 3 is 2.62 bits per heavy atom. The summed E-state index contributed by atoms with van der Waals surface area (Å²) in [6.07, 6.45) is 1.66. The van der Waals surface area contributed by atoms with Gasteiger partial charge in [-0.25, -0.2) is 14.3 Å². The van der Waals surface area contributed by atoms with Crippen molar-refractivity contribution in [2.45, 2.75) is 13.5 Å². The van der Waals surface area contributed by atoms with Crippen LogP contribution in [-0.2, 0) is 11.3 Å². The Morgan fingerprint density at radius 1 is 1.10 bits per heavy atom. The first-order valence-corrected chi connectivity index (χ1v) is 9.10. The highest BCUT2D eigenvalue weighted by atomic mass is 16.5. The molecule has 2 amide bonds. The van der Waals surface area contributed by atoms with Gasteiger partial charge in [0.15, 0.2) is 5.69 Å². The first kappa shape index (κ1) is 19.9. The maximum Gasteiger partial charge on any atom is 0.358 e. The fourth-order valence-electron chi connectivity index (χ4n) is 2.61. The second-order valence-corrected chi connectivity index (χ2v) is 6.07. The maximum absolute atomic E-state index is 12.2. The molecule has 1 aromatic heterocycles. The number of amides is 2. The second-order valence-electron chi connectivity index (χ2n) is 6.07. The lowest BCUT2D eigenvalue weighted by molar-refractivity contribution is 0.0519. The van der Waals surface area contributed by atoms with Gasteiger partial charge in [0.05, 0.1) is 19.4 Å². The molecule has 1 heterocycles. The van der Waals surface area contributed by atoms with Gasteiger partial charge in [-0.2, -0.15) is 5.10 Å². The Bertz CT molecular complexity index is 982. The summed E-state index contributed by atoms with van der Waals surface area (Å²) < 4.78 is 11.6. The molecule has 0 aliphatic rings. The maximum atomic E-state index is 12.2. The molecule has 0 unspecified atom stereocenters. The SMILES string of the molecule is CCOC(=O)c1ccn(-c2cccc(NC(=O)NCc3ccc(OC)cc3)c2)n1. The largest absolute Gasteiger partial charge is 0.497 e. The van der Waals surface area contributed by atoms with E-state index >= 15 is 0 Å². The molecule has 8 heteroatoms. The van der Waals surface area contributed by atoms with Crippen molar-refractivity contribution in [1.82, 2.24) is 15.1 Å². The first-order chi connectivity index (χ1) is 14.1. The van der Waals surface area contributed by atoms with Crippen molar-refractivity contribution in [3.63, 3.8) is 0 Å². The molecule has 0 bridgehead atoms. The number of urea groups is 1. The third-order valence-corrected chi connectivity index (χ3v) is 4.05. The lowest BCUT2D eigenvalue weighted by atomic mass is 10.2. The summed E-state index contributed by atoms with van der Waals surface area (Å²) in [5.41, 5.74) is 2.48. The van der Waals surface area contributed by atoms with Gasteiger partial charge in [0.2, 0.25) is 0 Å². The number of benzene rings is 2. The molecule has 2 N–H and O–H groups in total. The van der Waals surface area contributed by atoms with Gasteiger partial charge < -0.3 is 20.1 Å². The van der Waals surface area contributed by atoms with Crippen LogP contribution in [0.3, 0.4) is 0 Å². The number of methoxy groups -OCH3 is 1. The number of hydrogen-bond donors (Lipinski definition) is 2. The van der Waals surface area contributed by atoms with Crippen molar-refractivity contribution >= 4 is 17.7 Å². The van der Waals surface area contributed by atoms with E-state index in [0.717, 1.165) is 11.3 Å². The van der Waals surface area contributed by atoms with Crippen LogP contribution >= 0.6 is 0 Å². The predicted molar refractivity (Wildman–Crippen MR) is 108 cm³/mol. The van der Waals surface area contributed by atoms with E-state index in [1.807, 2.05) is 30.3 Å². The van der Waals surface area contributed by atoms with Crippen molar-refractivity contribution in [3.05, 3.63) is 72.1 Å². The third kappa shape index (κ3) is 5.35. The topological polar surface area (TPSA) is 94.5 Å². The zero-order valence-corrected chi connectivity index (χ0v) is 16.2. The summed E-state index contributed by atoms with van der Waals surface area (Å²) >= 11 is 0. The molecule has 0 spiro atoms. The number of aromatic nitrogens is 2. The third-order valence-electron chi connectivity index (χ3n) is 4.05. The Balaban J connectivity index is 1.60. The van der Waals surface area contributed by atoms with Crippen molar-refractivity contribution in [2.24, 2.45) is 0 Å². The van der Waals surface area contributed by atoms with Gasteiger partial charge in [-0.3, -0.25) is 0 Å². The van der Waals surface area contributed by atoms with Gasteiger partial charge in [0, 0.05) is 18.4 Å². The molecule has 0 saturated carbocycles. The van der Waals surface area contributed by atoms with Crippen LogP contribution in [0.15, 0.2) is 60.8 Å². The smallest absolute Gasteiger partial charge is 0.358 e. The van der Waals surface area contributed by atoms with Crippen LogP contribution in [0, 0.1) is 0 Å². The fraction of sp³-hybridized carbons (Fsp3) is 0.190. The van der Waals surface area contributed by atoms with Gasteiger partial charge >= 0.3 is 12.0 Å². The van der Waals surface area contributed by atoms with Crippen molar-refractivity contribution in [3.8, 4) is 11.4 Å². The van der Waals surface area contributed by atoms with E-state index in [0.29, 0.717) is 17.9 Å². The zero-order valence-electron chi connectivity index (χ0n) is 16.2. The molecule has 0 saturated heterocycles. The van der Waals surface area contributed by atoms with Gasteiger partial charge in [-0.05, 0) is 48.9 Å². The normalized spacial score (nSPS) is 10.3. The van der Waals surface area contributed by atoms with Crippen LogP contribution in [0.2, 0.25) is 0 Å². The van der Waals surface area contributed by atoms with Crippen molar-refractivity contribution in [2.75, 3.05) is 19.0 Å². The summed E-state index contributed by atoms with van der Waals surface area (Å²) in [5, 5.41) is 9.80. The molecule has 150 valence electrons. The van der Waals surface area contributed by atoms with Gasteiger partial charge in [-0.1, -0.05) is 18.2 Å². The minimum Gasteiger partial charge on any atom is -0.497 e. The van der Waals surface area contributed by atoms with Crippen molar-refractivity contribution < 1.29 is 19.1 Å². The molecular weight excluding hydrogens is 372 g/mol. The summed E-state index contributed by atoms with van der Waals surface area (Å²) in [4.78, 5) is 23.9. The Kier molecular flexibility index (Phi) is 6.47. The van der Waals surface area contributed by atoms with E-state index in [1.165, 1.54) is 0 Å². The number of anilines is 1. The number of esters is 1. The van der Waals surface area contributed by atoms with E-state index in [4.69, 9.17) is 9.47 Å². The quantitative estimate of drug-likeness (QED) is 0.599. The van der Waals surface area contributed by atoms with Crippen LogP contribution < -0.4 is 15.4 Å². The van der Waals surface area contributed by atoms with Gasteiger partial charge in [0.1, 0.15) is 5.75 Å². The van der Waals surface area contributed by atoms with Crippen LogP contribution in [-0.4, -0.2) is 35.5 Å². The molecule has 29 heavy (non-hydrogen) atoms. The van der Waals surface area contributed by atoms with Crippen LogP contribution in [0.1, 0.15) is 23.0 Å². The number of carbonyl (C=O) groups excluding carboxylic acids is 2. The summed E-state index contributed by atoms with van der Waals surface area (Å²) in [7, 11) is 1.61. The molecule has 0 aliphatic carbocycles. The molecule has 3 rings (SSSR count). The molecular formula is C21H22N4O4. The number of rotatable bonds is 7. The number of carbonyl (C=O) groups is 2. The predicted octanol–water partition coefficient (Wildman–Crippen LogP) is 3.38. The molecule has 0 radical (unpaired) electrons. The number of nitrogens with one attached hydrogen (secondary N) is 2. The summed E-state index contributed by atoms with van der Waals surface area (Å²) in [6.45, 7) is 2.41. The lowest BCUT2D eigenvalue weighted by Crippen LogP contribution is -2.28. The van der Waals surface area contributed by atoms with Crippen LogP contribution in [0.25, 0.3) is 5.69 Å². The Hall–Kier alpha value is -3.81. The highest BCUT2D eigenvalue weighted by Crippen LogP contribution is 2.15. The number of nitrogens with zero attached hydrogens (tertiary/aromatic N) is 2. The van der Waals surface area contributed by atoms with Gasteiger partial charge in [0.25, 0.3) is 0 Å². The fourth-order valence-corrected chi connectivity index (χ4v) is 2.61. The van der Waals surface area contributed by atoms with E-state index in [-0.39, 0.29) is 18.3 Å². The van der Waals surface area contributed by atoms with Crippen molar-refractivity contribution in [1.29, 1.82) is 0 Å². The first-order valence-electron chi connectivity index (χ1n) is 9.10. The van der Waals surface area contributed by atoms with E-state index < -0.39 is 5.97 Å². The summed E-state index contributed by atoms with van der Waals surface area (Å²) in [6, 6.07) is 15.9. The highest BCUT2D eigenvalue weighted by Gasteiger charge is 2.11. The average Bonchev–Trinajstić information content (AvgIpc) is 3.23. The van der Waals surface area contributed by atoms with Gasteiger partial charge in [-0.15, -0.1) is 0 Å². The average molecular weight is 394 g/mol. The molecule has 0 fully saturated rings. The number of ether oxygens (including phenoxy) is 2. The van der Waals surface area contributed by atoms with E-state index in [2.05, 4.69) is 15.7 Å². The second kappa shape index (κ2) is 9.41. The monoisotopic (exact) mass is 394 g/mol. The number of hydrogen-bond acceptors (Lipinski definition) is 5.